The number of aromatic hydroxyl groups is 1. The molecule has 6 heteroatoms. The van der Waals surface area contributed by atoms with Gasteiger partial charge in [-0.05, 0) is 44.5 Å². The zero-order valence-electron chi connectivity index (χ0n) is 15.8. The van der Waals surface area contributed by atoms with Crippen molar-refractivity contribution < 1.29 is 5.11 Å². The molecule has 138 valence electrons. The Morgan fingerprint density at radius 3 is 2.60 bits per heavy atom. The summed E-state index contributed by atoms with van der Waals surface area (Å²) in [5, 5.41) is 22.0. The maximum Gasteiger partial charge on any atom is 0.116 e. The highest BCUT2D eigenvalue weighted by molar-refractivity contribution is 6.04. The first-order chi connectivity index (χ1) is 11.8. The normalized spacial score (nSPS) is 11.5. The molecule has 0 bridgehead atoms. The fraction of sp³-hybridized carbons (Fsp3) is 0.421. The van der Waals surface area contributed by atoms with Gasteiger partial charge in [-0.1, -0.05) is 6.08 Å². The SMILES string of the molecule is C=CCCN(CC)/C(=C/C)N(C)N(C)CC(=N)c1cc(O)ccc1N. The molecule has 0 atom stereocenters. The van der Waals surface area contributed by atoms with E-state index < -0.39 is 0 Å². The van der Waals surface area contributed by atoms with E-state index in [2.05, 4.69) is 24.5 Å². The zero-order chi connectivity index (χ0) is 19.0. The molecule has 0 heterocycles. The Hall–Kier alpha value is -2.47. The van der Waals surface area contributed by atoms with Crippen LogP contribution in [0.2, 0.25) is 0 Å². The van der Waals surface area contributed by atoms with Crippen LogP contribution in [0.1, 0.15) is 25.8 Å². The molecule has 0 aliphatic heterocycles. The van der Waals surface area contributed by atoms with E-state index in [1.54, 1.807) is 6.07 Å². The highest BCUT2D eigenvalue weighted by Gasteiger charge is 2.17. The van der Waals surface area contributed by atoms with Crippen molar-refractivity contribution in [1.29, 1.82) is 5.41 Å². The molecule has 0 radical (unpaired) electrons. The first kappa shape index (κ1) is 20.6. The van der Waals surface area contributed by atoms with Crippen molar-refractivity contribution >= 4 is 11.4 Å². The minimum Gasteiger partial charge on any atom is -0.508 e. The number of nitrogens with zero attached hydrogens (tertiary/aromatic N) is 3. The molecule has 0 unspecified atom stereocenters. The van der Waals surface area contributed by atoms with Crippen molar-refractivity contribution in [2.75, 3.05) is 39.5 Å². The summed E-state index contributed by atoms with van der Waals surface area (Å²) in [6.07, 6.45) is 4.90. The van der Waals surface area contributed by atoms with Crippen LogP contribution in [0.3, 0.4) is 0 Å². The molecule has 0 amide bonds. The molecule has 4 N–H and O–H groups in total. The number of hydrogen-bond acceptors (Lipinski definition) is 6. The summed E-state index contributed by atoms with van der Waals surface area (Å²) in [5.74, 6) is 1.18. The number of anilines is 1. The molecule has 0 aromatic heterocycles. The van der Waals surface area contributed by atoms with Crippen molar-refractivity contribution in [1.82, 2.24) is 14.9 Å². The van der Waals surface area contributed by atoms with Crippen LogP contribution in [0.4, 0.5) is 5.69 Å². The number of nitrogen functional groups attached to an aromatic ring is 1. The van der Waals surface area contributed by atoms with E-state index in [-0.39, 0.29) is 5.75 Å². The average molecular weight is 345 g/mol. The third kappa shape index (κ3) is 5.53. The predicted octanol–water partition coefficient (Wildman–Crippen LogP) is 2.88. The molecule has 6 nitrogen and oxygen atoms in total. The Labute approximate surface area is 151 Å². The molecule has 0 fully saturated rings. The fourth-order valence-corrected chi connectivity index (χ4v) is 2.66. The van der Waals surface area contributed by atoms with Crippen molar-refractivity contribution in [2.24, 2.45) is 0 Å². The van der Waals surface area contributed by atoms with Crippen LogP contribution < -0.4 is 5.73 Å². The summed E-state index contributed by atoms with van der Waals surface area (Å²) in [7, 11) is 3.91. The van der Waals surface area contributed by atoms with Crippen molar-refractivity contribution in [3.8, 4) is 5.75 Å². The predicted molar refractivity (Wildman–Crippen MR) is 106 cm³/mol. The second kappa shape index (κ2) is 9.74. The molecule has 25 heavy (non-hydrogen) atoms. The number of nitrogens with two attached hydrogens (primary N) is 1. The number of hydrazine groups is 1. The van der Waals surface area contributed by atoms with E-state index in [0.717, 1.165) is 25.3 Å². The van der Waals surface area contributed by atoms with Crippen LogP contribution in [-0.2, 0) is 0 Å². The summed E-state index contributed by atoms with van der Waals surface area (Å²) in [6.45, 7) is 10.1. The lowest BCUT2D eigenvalue weighted by Gasteiger charge is -2.38. The van der Waals surface area contributed by atoms with Crippen LogP contribution in [-0.4, -0.2) is 59.5 Å². The van der Waals surface area contributed by atoms with E-state index in [0.29, 0.717) is 23.5 Å². The van der Waals surface area contributed by atoms with Crippen LogP contribution in [0.15, 0.2) is 42.8 Å². The minimum absolute atomic E-state index is 0.112. The Morgan fingerprint density at radius 1 is 1.36 bits per heavy atom. The van der Waals surface area contributed by atoms with Gasteiger partial charge >= 0.3 is 0 Å². The molecular formula is C19H31N5O. The molecule has 1 aromatic rings. The number of phenols is 1. The molecule has 0 aliphatic rings. The van der Waals surface area contributed by atoms with Crippen LogP contribution in [0.25, 0.3) is 0 Å². The Kier molecular flexibility index (Phi) is 8.01. The van der Waals surface area contributed by atoms with Gasteiger partial charge in [0.15, 0.2) is 0 Å². The molecule has 0 aliphatic carbocycles. The quantitative estimate of drug-likeness (QED) is 0.200. The molecular weight excluding hydrogens is 314 g/mol. The summed E-state index contributed by atoms with van der Waals surface area (Å²) in [4.78, 5) is 2.27. The lowest BCUT2D eigenvalue weighted by molar-refractivity contribution is 0.0438. The number of likely N-dealkylation sites (N-methyl/N-ethyl adjacent to an activating group) is 1. The number of hydrogen-bond donors (Lipinski definition) is 3. The van der Waals surface area contributed by atoms with Gasteiger partial charge < -0.3 is 21.1 Å². The number of phenolic OH excluding ortho intramolecular Hbond substituents is 1. The minimum atomic E-state index is 0.112. The third-order valence-corrected chi connectivity index (χ3v) is 4.16. The summed E-state index contributed by atoms with van der Waals surface area (Å²) in [5.41, 5.74) is 7.34. The lowest BCUT2D eigenvalue weighted by Crippen LogP contribution is -2.44. The molecule has 1 aromatic carbocycles. The van der Waals surface area contributed by atoms with Gasteiger partial charge in [-0.3, -0.25) is 5.01 Å². The zero-order valence-corrected chi connectivity index (χ0v) is 15.8. The van der Waals surface area contributed by atoms with Gasteiger partial charge in [0.2, 0.25) is 0 Å². The largest absolute Gasteiger partial charge is 0.508 e. The Balaban J connectivity index is 2.86. The van der Waals surface area contributed by atoms with Gasteiger partial charge in [-0.2, -0.15) is 0 Å². The summed E-state index contributed by atoms with van der Waals surface area (Å²) >= 11 is 0. The number of allylic oxidation sites excluding steroid dienone is 1. The van der Waals surface area contributed by atoms with E-state index in [4.69, 9.17) is 11.1 Å². The van der Waals surface area contributed by atoms with Crippen LogP contribution in [0, 0.1) is 5.41 Å². The maximum absolute atomic E-state index is 9.64. The van der Waals surface area contributed by atoms with E-state index in [1.165, 1.54) is 12.1 Å². The lowest BCUT2D eigenvalue weighted by atomic mass is 10.1. The van der Waals surface area contributed by atoms with Gasteiger partial charge in [-0.25, -0.2) is 5.01 Å². The van der Waals surface area contributed by atoms with E-state index in [1.807, 2.05) is 37.1 Å². The second-order valence-electron chi connectivity index (χ2n) is 5.89. The first-order valence-electron chi connectivity index (χ1n) is 8.48. The molecule has 1 rings (SSSR count). The second-order valence-corrected chi connectivity index (χ2v) is 5.89. The smallest absolute Gasteiger partial charge is 0.116 e. The van der Waals surface area contributed by atoms with Gasteiger partial charge in [0.05, 0.1) is 12.3 Å². The molecule has 0 saturated heterocycles. The average Bonchev–Trinajstić information content (AvgIpc) is 2.59. The summed E-state index contributed by atoms with van der Waals surface area (Å²) in [6, 6.07) is 4.68. The summed E-state index contributed by atoms with van der Waals surface area (Å²) < 4.78 is 0. The number of rotatable bonds is 10. The number of benzene rings is 1. The maximum atomic E-state index is 9.64. The molecule has 0 spiro atoms. The highest BCUT2D eigenvalue weighted by Crippen LogP contribution is 2.20. The highest BCUT2D eigenvalue weighted by atomic mass is 16.3. The van der Waals surface area contributed by atoms with Gasteiger partial charge in [0.25, 0.3) is 0 Å². The molecule has 0 saturated carbocycles. The van der Waals surface area contributed by atoms with Crippen LogP contribution in [0.5, 0.6) is 5.75 Å². The van der Waals surface area contributed by atoms with E-state index in [9.17, 15) is 5.11 Å². The van der Waals surface area contributed by atoms with Crippen molar-refractivity contribution in [3.05, 3.63) is 48.3 Å². The fourth-order valence-electron chi connectivity index (χ4n) is 2.66. The third-order valence-electron chi connectivity index (χ3n) is 4.16. The monoisotopic (exact) mass is 345 g/mol. The topological polar surface area (TPSA) is 79.8 Å². The van der Waals surface area contributed by atoms with Gasteiger partial charge in [-0.15, -0.1) is 6.58 Å². The first-order valence-corrected chi connectivity index (χ1v) is 8.48. The van der Waals surface area contributed by atoms with E-state index >= 15 is 0 Å². The number of nitrogens with one attached hydrogen (secondary N) is 1. The van der Waals surface area contributed by atoms with Crippen LogP contribution >= 0.6 is 0 Å². The van der Waals surface area contributed by atoms with Crippen molar-refractivity contribution in [2.45, 2.75) is 20.3 Å². The van der Waals surface area contributed by atoms with Gasteiger partial charge in [0, 0.05) is 38.4 Å². The Morgan fingerprint density at radius 2 is 2.04 bits per heavy atom. The van der Waals surface area contributed by atoms with Gasteiger partial charge in [0.1, 0.15) is 11.6 Å². The standard InChI is InChI=1S/C19H31N5O/c1-6-9-12-24(8-3)19(7-2)23(5)22(4)14-18(21)16-13-15(25)10-11-17(16)20/h6-7,10-11,13,21,25H,1,8-9,12,14,20H2,2-5H3/b19-7+,21-18?. The van der Waals surface area contributed by atoms with Crippen molar-refractivity contribution in [3.63, 3.8) is 0 Å². The Bertz CT molecular complexity index is 626.